The number of nitrogens with two attached hydrogens (primary N) is 2. The molecule has 0 aromatic heterocycles. The van der Waals surface area contributed by atoms with Crippen LogP contribution in [0.1, 0.15) is 40.0 Å². The highest BCUT2D eigenvalue weighted by atomic mass is 16.4. The normalized spacial score (nSPS) is 28.4. The van der Waals surface area contributed by atoms with Gasteiger partial charge in [0.1, 0.15) is 0 Å². The van der Waals surface area contributed by atoms with E-state index in [0.29, 0.717) is 0 Å². The second-order valence-corrected chi connectivity index (χ2v) is 6.17. The van der Waals surface area contributed by atoms with E-state index in [0.717, 1.165) is 12.8 Å². The predicted octanol–water partition coefficient (Wildman–Crippen LogP) is -0.349. The zero-order valence-electron chi connectivity index (χ0n) is 13.9. The molecule has 0 radical (unpaired) electrons. The molecule has 0 aromatic carbocycles. The smallest absolute Gasteiger partial charge is 0.309 e. The summed E-state index contributed by atoms with van der Waals surface area (Å²) in [6, 6.07) is -0.913. The molecule has 1 rings (SSSR count). The number of aliphatic hydroxyl groups is 1. The van der Waals surface area contributed by atoms with Crippen molar-refractivity contribution in [3.8, 4) is 0 Å². The van der Waals surface area contributed by atoms with Crippen LogP contribution in [0.3, 0.4) is 0 Å². The minimum absolute atomic E-state index is 0.0998. The van der Waals surface area contributed by atoms with Gasteiger partial charge in [0.2, 0.25) is 5.91 Å². The Morgan fingerprint density at radius 1 is 1.30 bits per heavy atom. The summed E-state index contributed by atoms with van der Waals surface area (Å²) in [6.07, 6.45) is 0.612. The minimum Gasteiger partial charge on any atom is -0.481 e. The molecule has 0 spiro atoms. The van der Waals surface area contributed by atoms with Crippen LogP contribution in [0, 0.1) is 17.8 Å². The molecule has 0 heterocycles. The SMILES string of the molecule is CCC(CC)[C@H](NC(C)=O)[C@@H]1[C@H](O)C(C(=O)O)C[C@H]1N=C(N)N. The summed E-state index contributed by atoms with van der Waals surface area (Å²) in [5.41, 5.74) is 10.9. The highest BCUT2D eigenvalue weighted by Gasteiger charge is 2.50. The number of carboxylic acid groups (broad SMARTS) is 1. The molecular weight excluding hydrogens is 300 g/mol. The van der Waals surface area contributed by atoms with Crippen molar-refractivity contribution >= 4 is 17.8 Å². The van der Waals surface area contributed by atoms with Crippen molar-refractivity contribution in [2.45, 2.75) is 58.2 Å². The van der Waals surface area contributed by atoms with Crippen molar-refractivity contribution in [3.05, 3.63) is 0 Å². The number of hydrogen-bond donors (Lipinski definition) is 5. The van der Waals surface area contributed by atoms with Crippen molar-refractivity contribution in [3.63, 3.8) is 0 Å². The summed E-state index contributed by atoms with van der Waals surface area (Å²) < 4.78 is 0. The van der Waals surface area contributed by atoms with Crippen LogP contribution in [0.2, 0.25) is 0 Å². The van der Waals surface area contributed by atoms with Gasteiger partial charge in [-0.3, -0.25) is 9.59 Å². The molecule has 1 aliphatic carbocycles. The van der Waals surface area contributed by atoms with Crippen molar-refractivity contribution in [2.75, 3.05) is 0 Å². The number of aliphatic hydroxyl groups excluding tert-OH is 1. The Balaban J connectivity index is 3.23. The van der Waals surface area contributed by atoms with Crippen LogP contribution in [0.25, 0.3) is 0 Å². The molecule has 5 atom stereocenters. The number of carbonyl (C=O) groups excluding carboxylic acids is 1. The van der Waals surface area contributed by atoms with E-state index >= 15 is 0 Å². The molecule has 0 saturated heterocycles. The van der Waals surface area contributed by atoms with Crippen molar-refractivity contribution in [2.24, 2.45) is 34.2 Å². The number of hydrogen-bond acceptors (Lipinski definition) is 4. The number of nitrogens with zero attached hydrogens (tertiary/aromatic N) is 1. The topological polar surface area (TPSA) is 151 Å². The average molecular weight is 328 g/mol. The number of nitrogens with one attached hydrogen (secondary N) is 1. The average Bonchev–Trinajstić information content (AvgIpc) is 2.74. The van der Waals surface area contributed by atoms with Gasteiger partial charge < -0.3 is 27.0 Å². The van der Waals surface area contributed by atoms with E-state index in [4.69, 9.17) is 11.5 Å². The number of guanidine groups is 1. The van der Waals surface area contributed by atoms with E-state index in [1.165, 1.54) is 6.92 Å². The first-order valence-electron chi connectivity index (χ1n) is 7.99. The summed E-state index contributed by atoms with van der Waals surface area (Å²) >= 11 is 0. The van der Waals surface area contributed by atoms with Gasteiger partial charge >= 0.3 is 5.97 Å². The molecule has 8 heteroatoms. The molecule has 0 bridgehead atoms. The van der Waals surface area contributed by atoms with Gasteiger partial charge in [-0.1, -0.05) is 26.7 Å². The Kier molecular flexibility index (Phi) is 6.80. The highest BCUT2D eigenvalue weighted by Crippen LogP contribution is 2.39. The van der Waals surface area contributed by atoms with Crippen LogP contribution in [0.15, 0.2) is 4.99 Å². The molecule has 23 heavy (non-hydrogen) atoms. The Labute approximate surface area is 136 Å². The Hall–Kier alpha value is -1.83. The fourth-order valence-corrected chi connectivity index (χ4v) is 3.64. The fraction of sp³-hybridized carbons (Fsp3) is 0.800. The largest absolute Gasteiger partial charge is 0.481 e. The number of carbonyl (C=O) groups is 2. The van der Waals surface area contributed by atoms with Crippen molar-refractivity contribution in [1.29, 1.82) is 0 Å². The fourth-order valence-electron chi connectivity index (χ4n) is 3.64. The third kappa shape index (κ3) is 4.57. The third-order valence-corrected chi connectivity index (χ3v) is 4.72. The lowest BCUT2D eigenvalue weighted by Crippen LogP contribution is -2.51. The maximum absolute atomic E-state index is 11.6. The van der Waals surface area contributed by atoms with Gasteiger partial charge in [-0.15, -0.1) is 0 Å². The molecule has 1 amide bonds. The van der Waals surface area contributed by atoms with E-state index in [-0.39, 0.29) is 30.2 Å². The molecule has 1 saturated carbocycles. The maximum atomic E-state index is 11.6. The minimum atomic E-state index is -1.11. The lowest BCUT2D eigenvalue weighted by atomic mass is 9.80. The summed E-state index contributed by atoms with van der Waals surface area (Å²) in [7, 11) is 0. The van der Waals surface area contributed by atoms with Gasteiger partial charge in [-0.25, -0.2) is 4.99 Å². The second-order valence-electron chi connectivity index (χ2n) is 6.17. The summed E-state index contributed by atoms with van der Waals surface area (Å²) in [4.78, 5) is 27.1. The van der Waals surface area contributed by atoms with E-state index in [1.54, 1.807) is 0 Å². The summed E-state index contributed by atoms with van der Waals surface area (Å²) in [5, 5.41) is 22.7. The molecule has 132 valence electrons. The zero-order valence-corrected chi connectivity index (χ0v) is 13.9. The van der Waals surface area contributed by atoms with Crippen molar-refractivity contribution in [1.82, 2.24) is 5.32 Å². The van der Waals surface area contributed by atoms with Gasteiger partial charge in [-0.2, -0.15) is 0 Å². The molecule has 0 aliphatic heterocycles. The number of aliphatic carboxylic acids is 1. The number of carboxylic acids is 1. The van der Waals surface area contributed by atoms with E-state index < -0.39 is 30.0 Å². The molecule has 1 aliphatic rings. The Morgan fingerprint density at radius 2 is 1.87 bits per heavy atom. The van der Waals surface area contributed by atoms with E-state index in [9.17, 15) is 19.8 Å². The monoisotopic (exact) mass is 328 g/mol. The van der Waals surface area contributed by atoms with Gasteiger partial charge in [0.15, 0.2) is 5.96 Å². The van der Waals surface area contributed by atoms with Crippen LogP contribution in [-0.2, 0) is 9.59 Å². The second kappa shape index (κ2) is 8.14. The van der Waals surface area contributed by atoms with Crippen LogP contribution < -0.4 is 16.8 Å². The first kappa shape index (κ1) is 19.2. The van der Waals surface area contributed by atoms with Crippen LogP contribution in [0.4, 0.5) is 0 Å². The summed E-state index contributed by atoms with van der Waals surface area (Å²) in [6.45, 7) is 5.39. The quantitative estimate of drug-likeness (QED) is 0.318. The van der Waals surface area contributed by atoms with Gasteiger partial charge in [0.25, 0.3) is 0 Å². The maximum Gasteiger partial charge on any atom is 0.309 e. The zero-order chi connectivity index (χ0) is 17.7. The van der Waals surface area contributed by atoms with Crippen molar-refractivity contribution < 1.29 is 19.8 Å². The first-order valence-corrected chi connectivity index (χ1v) is 7.99. The molecule has 7 N–H and O–H groups in total. The standard InChI is InChI=1S/C15H28N4O4/c1-4-8(5-2)12(18-7(3)20)11-10(19-15(16)17)6-9(13(11)21)14(22)23/h8-13,21H,4-6H2,1-3H3,(H,18,20)(H,22,23)(H4,16,17,19)/t9?,10-,11-,12+,13-/m1/s1. The molecular formula is C15H28N4O4. The Morgan fingerprint density at radius 3 is 2.26 bits per heavy atom. The highest BCUT2D eigenvalue weighted by molar-refractivity contribution is 5.76. The number of amides is 1. The van der Waals surface area contributed by atoms with E-state index in [1.807, 2.05) is 13.8 Å². The molecule has 0 aromatic rings. The Bertz CT molecular complexity index is 460. The number of rotatable bonds is 7. The number of aliphatic imine (C=N–C) groups is 1. The van der Waals surface area contributed by atoms with Gasteiger partial charge in [0, 0.05) is 18.9 Å². The van der Waals surface area contributed by atoms with Gasteiger partial charge in [-0.05, 0) is 12.3 Å². The van der Waals surface area contributed by atoms with E-state index in [2.05, 4.69) is 10.3 Å². The van der Waals surface area contributed by atoms with Crippen LogP contribution in [0.5, 0.6) is 0 Å². The molecule has 1 unspecified atom stereocenters. The molecule has 8 nitrogen and oxygen atoms in total. The molecule has 1 fully saturated rings. The van der Waals surface area contributed by atoms with Crippen LogP contribution in [-0.4, -0.2) is 46.2 Å². The summed E-state index contributed by atoms with van der Waals surface area (Å²) in [5.74, 6) is -2.84. The van der Waals surface area contributed by atoms with Gasteiger partial charge in [0.05, 0.1) is 18.1 Å². The lowest BCUT2D eigenvalue weighted by Gasteiger charge is -2.35. The first-order chi connectivity index (χ1) is 10.7. The van der Waals surface area contributed by atoms with Crippen LogP contribution >= 0.6 is 0 Å². The lowest BCUT2D eigenvalue weighted by molar-refractivity contribution is -0.145. The third-order valence-electron chi connectivity index (χ3n) is 4.72. The predicted molar refractivity (Wildman–Crippen MR) is 86.5 cm³/mol.